The molecule has 1 fully saturated rings. The molecule has 7 atom stereocenters. The van der Waals surface area contributed by atoms with E-state index in [1.807, 2.05) is 6.08 Å². The number of nitrogens with one attached hydrogen (secondary N) is 1. The van der Waals surface area contributed by atoms with E-state index in [1.165, 1.54) is 109 Å². The van der Waals surface area contributed by atoms with E-state index in [0.29, 0.717) is 12.0 Å². The topological polar surface area (TPSA) is 207 Å². The van der Waals surface area contributed by atoms with Gasteiger partial charge in [0, 0.05) is 6.42 Å². The molecule has 1 aromatic carbocycles. The third-order valence-corrected chi connectivity index (χ3v) is 11.8. The number of esters is 1. The van der Waals surface area contributed by atoms with E-state index < -0.39 is 80.6 Å². The normalized spacial score (nSPS) is 19.5. The number of aliphatic hydroxyl groups is 2. The molecule has 0 radical (unpaired) electrons. The molecule has 372 valence electrons. The van der Waals surface area contributed by atoms with Gasteiger partial charge in [-0.1, -0.05) is 179 Å². The van der Waals surface area contributed by atoms with Gasteiger partial charge in [-0.15, -0.1) is 0 Å². The van der Waals surface area contributed by atoms with Crippen LogP contribution in [0.3, 0.4) is 0 Å². The summed E-state index contributed by atoms with van der Waals surface area (Å²) in [6.45, 7) is 2.16. The second-order valence-corrected chi connectivity index (χ2v) is 17.6. The average Bonchev–Trinajstić information content (AvgIpc) is 3.29. The minimum Gasteiger partial charge on any atom is -0.480 e. The highest BCUT2D eigenvalue weighted by molar-refractivity contribution is 5.89. The smallest absolute Gasteiger partial charge is 0.338 e. The largest absolute Gasteiger partial charge is 0.480 e. The Bertz CT molecular complexity index is 1410. The first-order valence-corrected chi connectivity index (χ1v) is 25.0. The number of hydrogen-bond donors (Lipinski definition) is 5. The summed E-state index contributed by atoms with van der Waals surface area (Å²) in [5.74, 6) is -3.47. The van der Waals surface area contributed by atoms with Crippen molar-refractivity contribution in [3.63, 3.8) is 0 Å². The number of amides is 1. The van der Waals surface area contributed by atoms with Crippen LogP contribution in [-0.2, 0) is 38.1 Å². The van der Waals surface area contributed by atoms with Crippen LogP contribution in [0.5, 0.6) is 0 Å². The van der Waals surface area contributed by atoms with Gasteiger partial charge in [0.1, 0.15) is 43.7 Å². The lowest BCUT2D eigenvalue weighted by atomic mass is 9.99. The van der Waals surface area contributed by atoms with Crippen LogP contribution < -0.4 is 5.32 Å². The molecule has 1 saturated heterocycles. The van der Waals surface area contributed by atoms with E-state index in [-0.39, 0.29) is 18.9 Å². The molecule has 0 saturated carbocycles. The lowest BCUT2D eigenvalue weighted by Crippen LogP contribution is -2.61. The Kier molecular flexibility index (Phi) is 33.4. The number of carbonyl (C=O) groups is 4. The summed E-state index contributed by atoms with van der Waals surface area (Å²) >= 11 is 0. The summed E-state index contributed by atoms with van der Waals surface area (Å²) in [5, 5.41) is 43.5. The third-order valence-electron chi connectivity index (χ3n) is 11.8. The summed E-state index contributed by atoms with van der Waals surface area (Å²) in [5.41, 5.74) is 0.319. The molecule has 0 spiro atoms. The molecule has 0 unspecified atom stereocenters. The van der Waals surface area contributed by atoms with Gasteiger partial charge in [0.25, 0.3) is 0 Å². The number of ether oxygens (including phenoxy) is 5. The maximum Gasteiger partial charge on any atom is 0.338 e. The van der Waals surface area contributed by atoms with Crippen LogP contribution in [0.4, 0.5) is 0 Å². The van der Waals surface area contributed by atoms with Gasteiger partial charge in [0.2, 0.25) is 5.91 Å². The number of rotatable bonds is 41. The first-order valence-electron chi connectivity index (χ1n) is 25.0. The Labute approximate surface area is 389 Å². The molecule has 0 bridgehead atoms. The fraction of sp³-hybridized carbons (Fsp3) is 0.765. The van der Waals surface area contributed by atoms with Crippen molar-refractivity contribution in [2.75, 3.05) is 26.4 Å². The van der Waals surface area contributed by atoms with Crippen LogP contribution in [0, 0.1) is 0 Å². The lowest BCUT2D eigenvalue weighted by molar-refractivity contribution is -0.309. The number of unbranched alkanes of at least 4 members (excludes halogenated alkanes) is 23. The quantitative estimate of drug-likeness (QED) is 0.0236. The van der Waals surface area contributed by atoms with E-state index in [1.54, 1.807) is 36.4 Å². The van der Waals surface area contributed by atoms with Crippen LogP contribution in [-0.4, -0.2) is 114 Å². The average molecular weight is 920 g/mol. The van der Waals surface area contributed by atoms with Crippen molar-refractivity contribution in [1.29, 1.82) is 0 Å². The fourth-order valence-electron chi connectivity index (χ4n) is 7.99. The van der Waals surface area contributed by atoms with Crippen molar-refractivity contribution < 1.29 is 63.3 Å². The molecule has 65 heavy (non-hydrogen) atoms. The Balaban J connectivity index is 2.15. The molecule has 1 aromatic rings. The van der Waals surface area contributed by atoms with E-state index in [4.69, 9.17) is 28.8 Å². The van der Waals surface area contributed by atoms with Crippen molar-refractivity contribution >= 4 is 23.8 Å². The molecule has 0 aliphatic carbocycles. The predicted octanol–water partition coefficient (Wildman–Crippen LogP) is 9.47. The molecular formula is C51H85NO13. The molecular weight excluding hydrogens is 835 g/mol. The van der Waals surface area contributed by atoms with E-state index in [9.17, 15) is 34.5 Å². The third kappa shape index (κ3) is 27.7. The molecule has 1 amide bonds. The zero-order valence-corrected chi connectivity index (χ0v) is 39.8. The number of carboxylic acids is 2. The number of allylic oxidation sites excluding steroid dienone is 1. The summed E-state index contributed by atoms with van der Waals surface area (Å²) in [6, 6.07) is 7.55. The Hall–Kier alpha value is -3.40. The Morgan fingerprint density at radius 2 is 1.17 bits per heavy atom. The maximum absolute atomic E-state index is 13.6. The SMILES string of the molecule is CCCCCCCCCCCCC/C=C/[C@@H](OC(=O)c1ccccc1)[C@H](CO[C@H]1O[C@H](COCC(=O)O)[C@H](OCC(=O)O)[C@H](O)[C@H]1O)NC(=O)CCCCCCCCCCCCCCC. The summed E-state index contributed by atoms with van der Waals surface area (Å²) in [6.07, 6.45) is 24.6. The van der Waals surface area contributed by atoms with E-state index >= 15 is 0 Å². The van der Waals surface area contributed by atoms with E-state index in [2.05, 4.69) is 19.2 Å². The van der Waals surface area contributed by atoms with Crippen molar-refractivity contribution in [3.05, 3.63) is 48.0 Å². The van der Waals surface area contributed by atoms with Gasteiger partial charge in [-0.3, -0.25) is 4.79 Å². The van der Waals surface area contributed by atoms with Crippen LogP contribution in [0.15, 0.2) is 42.5 Å². The molecule has 5 N–H and O–H groups in total. The van der Waals surface area contributed by atoms with Gasteiger partial charge in [-0.25, -0.2) is 14.4 Å². The number of hydrogen-bond acceptors (Lipinski definition) is 11. The number of benzene rings is 1. The second-order valence-electron chi connectivity index (χ2n) is 17.6. The van der Waals surface area contributed by atoms with Crippen LogP contribution in [0.2, 0.25) is 0 Å². The summed E-state index contributed by atoms with van der Waals surface area (Å²) in [4.78, 5) is 49.5. The minimum atomic E-state index is -1.74. The molecule has 0 aromatic heterocycles. The summed E-state index contributed by atoms with van der Waals surface area (Å²) < 4.78 is 28.5. The highest BCUT2D eigenvalue weighted by Crippen LogP contribution is 2.26. The van der Waals surface area contributed by atoms with Crippen molar-refractivity contribution in [1.82, 2.24) is 5.32 Å². The molecule has 2 rings (SSSR count). The number of aliphatic carboxylic acids is 2. The lowest BCUT2D eigenvalue weighted by Gasteiger charge is -2.42. The van der Waals surface area contributed by atoms with Gasteiger partial charge in [-0.05, 0) is 37.5 Å². The van der Waals surface area contributed by atoms with Gasteiger partial charge >= 0.3 is 17.9 Å². The van der Waals surface area contributed by atoms with Gasteiger partial charge < -0.3 is 49.4 Å². The number of carbonyl (C=O) groups excluding carboxylic acids is 2. The minimum absolute atomic E-state index is 0.239. The van der Waals surface area contributed by atoms with Gasteiger partial charge in [0.15, 0.2) is 6.29 Å². The van der Waals surface area contributed by atoms with Crippen LogP contribution >= 0.6 is 0 Å². The molecule has 14 nitrogen and oxygen atoms in total. The highest BCUT2D eigenvalue weighted by Gasteiger charge is 2.46. The molecule has 1 aliphatic heterocycles. The highest BCUT2D eigenvalue weighted by atomic mass is 16.7. The molecule has 1 aliphatic rings. The molecule has 14 heteroatoms. The number of aliphatic hydroxyl groups excluding tert-OH is 2. The predicted molar refractivity (Wildman–Crippen MR) is 251 cm³/mol. The van der Waals surface area contributed by atoms with E-state index in [0.717, 1.165) is 44.9 Å². The first-order chi connectivity index (χ1) is 31.6. The number of carboxylic acid groups (broad SMARTS) is 2. The fourth-order valence-corrected chi connectivity index (χ4v) is 7.99. The molecule has 1 heterocycles. The van der Waals surface area contributed by atoms with Crippen molar-refractivity contribution in [3.8, 4) is 0 Å². The second kappa shape index (κ2) is 37.7. The maximum atomic E-state index is 13.6. The van der Waals surface area contributed by atoms with Crippen molar-refractivity contribution in [2.45, 2.75) is 224 Å². The van der Waals surface area contributed by atoms with Crippen LogP contribution in [0.1, 0.15) is 191 Å². The Morgan fingerprint density at radius 3 is 1.69 bits per heavy atom. The van der Waals surface area contributed by atoms with Crippen LogP contribution in [0.25, 0.3) is 0 Å². The Morgan fingerprint density at radius 1 is 0.662 bits per heavy atom. The van der Waals surface area contributed by atoms with Gasteiger partial charge in [-0.2, -0.15) is 0 Å². The zero-order chi connectivity index (χ0) is 47.3. The van der Waals surface area contributed by atoms with Gasteiger partial charge in [0.05, 0.1) is 24.8 Å². The zero-order valence-electron chi connectivity index (χ0n) is 39.8. The standard InChI is InChI=1S/C51H85NO13/c1-3-5-7-9-11-13-15-17-19-21-23-25-30-34-42(64-50(60)40-32-28-27-29-33-40)41(52-44(53)35-31-26-24-22-20-18-16-14-12-10-8-6-4-2)36-63-51-48(59)47(58)49(62-39-46(56)57)43(65-51)37-61-38-45(54)55/h27-30,32-34,41-43,47-49,51,58-59H,3-26,31,35-39H2,1-2H3,(H,52,53)(H,54,55)(H,56,57)/b34-30+/t41-,42+,43+,47+,48+,49-,51-/m0/s1. The monoisotopic (exact) mass is 920 g/mol. The first kappa shape index (κ1) is 57.7. The summed E-state index contributed by atoms with van der Waals surface area (Å²) in [7, 11) is 0. The van der Waals surface area contributed by atoms with Crippen molar-refractivity contribution in [2.24, 2.45) is 0 Å².